The number of likely N-dealkylation sites (N-methyl/N-ethyl adjacent to an activating group) is 1. The summed E-state index contributed by atoms with van der Waals surface area (Å²) in [6.45, 7) is 6.22. The Morgan fingerprint density at radius 2 is 2.32 bits per heavy atom. The van der Waals surface area contributed by atoms with Crippen LogP contribution in [0.3, 0.4) is 0 Å². The minimum Gasteiger partial charge on any atom is -0.329 e. The maximum Gasteiger partial charge on any atom is 0.115 e. The lowest BCUT2D eigenvalue weighted by Gasteiger charge is -2.36. The highest BCUT2D eigenvalue weighted by molar-refractivity contribution is 5.07. The predicted octanol–water partition coefficient (Wildman–Crippen LogP) is 0.893. The molecule has 0 aromatic carbocycles. The van der Waals surface area contributed by atoms with Gasteiger partial charge in [-0.15, -0.1) is 0 Å². The summed E-state index contributed by atoms with van der Waals surface area (Å²) in [6, 6.07) is 2.74. The maximum absolute atomic E-state index is 6.02. The molecule has 1 aliphatic heterocycles. The minimum atomic E-state index is 0.208. The standard InChI is InChI=1S/C14H25N5/c1-3-12-10-18(2)7-4-8-19(12)14(9-15)13-5-6-16-11-17-13/h5-6,11-12,14H,3-4,7-10,15H2,1-2H3. The number of hydrogen-bond acceptors (Lipinski definition) is 5. The number of nitrogens with zero attached hydrogens (tertiary/aromatic N) is 4. The zero-order valence-corrected chi connectivity index (χ0v) is 12.0. The maximum atomic E-state index is 6.02. The second kappa shape index (κ2) is 6.93. The van der Waals surface area contributed by atoms with E-state index >= 15 is 0 Å². The van der Waals surface area contributed by atoms with Crippen molar-refractivity contribution < 1.29 is 0 Å². The van der Waals surface area contributed by atoms with Gasteiger partial charge in [-0.2, -0.15) is 0 Å². The molecule has 2 heterocycles. The van der Waals surface area contributed by atoms with Crippen LogP contribution in [0.1, 0.15) is 31.5 Å². The number of nitrogens with two attached hydrogens (primary N) is 1. The molecule has 0 saturated carbocycles. The van der Waals surface area contributed by atoms with Crippen molar-refractivity contribution in [2.45, 2.75) is 31.8 Å². The van der Waals surface area contributed by atoms with Crippen molar-refractivity contribution in [1.29, 1.82) is 0 Å². The largest absolute Gasteiger partial charge is 0.329 e. The third-order valence-corrected chi connectivity index (χ3v) is 3.99. The fraction of sp³-hybridized carbons (Fsp3) is 0.714. The first-order chi connectivity index (χ1) is 9.26. The molecule has 5 heteroatoms. The van der Waals surface area contributed by atoms with E-state index in [1.54, 1.807) is 12.5 Å². The zero-order valence-electron chi connectivity index (χ0n) is 12.0. The first kappa shape index (κ1) is 14.4. The zero-order chi connectivity index (χ0) is 13.7. The van der Waals surface area contributed by atoms with Crippen LogP contribution in [0, 0.1) is 0 Å². The Bertz CT molecular complexity index is 369. The summed E-state index contributed by atoms with van der Waals surface area (Å²) in [5.74, 6) is 0. The molecule has 0 aliphatic carbocycles. The lowest BCUT2D eigenvalue weighted by atomic mass is 10.1. The van der Waals surface area contributed by atoms with Crippen LogP contribution in [0.5, 0.6) is 0 Å². The molecule has 2 N–H and O–H groups in total. The lowest BCUT2D eigenvalue weighted by molar-refractivity contribution is 0.128. The highest BCUT2D eigenvalue weighted by Gasteiger charge is 2.29. The van der Waals surface area contributed by atoms with Gasteiger partial charge in [-0.3, -0.25) is 4.90 Å². The van der Waals surface area contributed by atoms with Crippen molar-refractivity contribution >= 4 is 0 Å². The van der Waals surface area contributed by atoms with Gasteiger partial charge < -0.3 is 10.6 Å². The molecule has 1 fully saturated rings. The van der Waals surface area contributed by atoms with E-state index in [-0.39, 0.29) is 6.04 Å². The number of rotatable bonds is 4. The first-order valence-electron chi connectivity index (χ1n) is 7.16. The van der Waals surface area contributed by atoms with Gasteiger partial charge in [0, 0.05) is 31.9 Å². The fourth-order valence-corrected chi connectivity index (χ4v) is 2.96. The normalized spacial score (nSPS) is 24.1. The summed E-state index contributed by atoms with van der Waals surface area (Å²) in [4.78, 5) is 13.3. The molecule has 1 saturated heterocycles. The van der Waals surface area contributed by atoms with Gasteiger partial charge >= 0.3 is 0 Å². The average Bonchev–Trinajstić information content (AvgIpc) is 2.63. The molecule has 0 spiro atoms. The molecular formula is C14H25N5. The van der Waals surface area contributed by atoms with Crippen molar-refractivity contribution in [1.82, 2.24) is 19.8 Å². The quantitative estimate of drug-likeness (QED) is 0.874. The minimum absolute atomic E-state index is 0.208. The van der Waals surface area contributed by atoms with Gasteiger partial charge in [0.15, 0.2) is 0 Å². The van der Waals surface area contributed by atoms with Gasteiger partial charge in [-0.25, -0.2) is 9.97 Å². The van der Waals surface area contributed by atoms with Crippen LogP contribution in [0.2, 0.25) is 0 Å². The summed E-state index contributed by atoms with van der Waals surface area (Å²) < 4.78 is 0. The smallest absolute Gasteiger partial charge is 0.115 e. The van der Waals surface area contributed by atoms with E-state index in [4.69, 9.17) is 5.73 Å². The average molecular weight is 263 g/mol. The molecule has 0 radical (unpaired) electrons. The Morgan fingerprint density at radius 1 is 1.47 bits per heavy atom. The number of hydrogen-bond donors (Lipinski definition) is 1. The van der Waals surface area contributed by atoms with Crippen LogP contribution >= 0.6 is 0 Å². The van der Waals surface area contributed by atoms with Crippen molar-refractivity contribution in [3.8, 4) is 0 Å². The van der Waals surface area contributed by atoms with E-state index < -0.39 is 0 Å². The van der Waals surface area contributed by atoms with Crippen LogP contribution in [-0.2, 0) is 0 Å². The molecule has 1 aromatic rings. The van der Waals surface area contributed by atoms with Crippen LogP contribution in [0.25, 0.3) is 0 Å². The van der Waals surface area contributed by atoms with E-state index in [2.05, 4.69) is 33.7 Å². The molecular weight excluding hydrogens is 238 g/mol. The summed E-state index contributed by atoms with van der Waals surface area (Å²) >= 11 is 0. The first-order valence-corrected chi connectivity index (χ1v) is 7.16. The molecule has 2 unspecified atom stereocenters. The topological polar surface area (TPSA) is 58.3 Å². The summed E-state index contributed by atoms with van der Waals surface area (Å²) in [5.41, 5.74) is 7.06. The Kier molecular flexibility index (Phi) is 5.24. The van der Waals surface area contributed by atoms with Gasteiger partial charge in [0.2, 0.25) is 0 Å². The molecule has 5 nitrogen and oxygen atoms in total. The van der Waals surface area contributed by atoms with E-state index in [1.165, 1.54) is 6.42 Å². The SMILES string of the molecule is CCC1CN(C)CCCN1C(CN)c1ccncn1. The van der Waals surface area contributed by atoms with Gasteiger partial charge in [-0.05, 0) is 32.5 Å². The van der Waals surface area contributed by atoms with Gasteiger partial charge in [0.25, 0.3) is 0 Å². The Labute approximate surface area is 115 Å². The van der Waals surface area contributed by atoms with Gasteiger partial charge in [0.05, 0.1) is 11.7 Å². The Hall–Kier alpha value is -1.04. The van der Waals surface area contributed by atoms with Crippen molar-refractivity contribution in [3.05, 3.63) is 24.3 Å². The molecule has 1 aliphatic rings. The van der Waals surface area contributed by atoms with E-state index in [1.807, 2.05) is 6.07 Å². The Balaban J connectivity index is 2.20. The third kappa shape index (κ3) is 3.49. The van der Waals surface area contributed by atoms with Crippen LogP contribution in [0.4, 0.5) is 0 Å². The molecule has 19 heavy (non-hydrogen) atoms. The van der Waals surface area contributed by atoms with E-state index in [0.717, 1.165) is 31.7 Å². The molecule has 2 atom stereocenters. The fourth-order valence-electron chi connectivity index (χ4n) is 2.96. The van der Waals surface area contributed by atoms with Crippen LogP contribution in [0.15, 0.2) is 18.6 Å². The highest BCUT2D eigenvalue weighted by atomic mass is 15.3. The molecule has 0 amide bonds. The monoisotopic (exact) mass is 263 g/mol. The van der Waals surface area contributed by atoms with E-state index in [9.17, 15) is 0 Å². The van der Waals surface area contributed by atoms with Gasteiger partial charge in [-0.1, -0.05) is 6.92 Å². The lowest BCUT2D eigenvalue weighted by Crippen LogP contribution is -2.44. The summed E-state index contributed by atoms with van der Waals surface area (Å²) in [6.07, 6.45) is 5.75. The summed E-state index contributed by atoms with van der Waals surface area (Å²) in [7, 11) is 2.20. The van der Waals surface area contributed by atoms with E-state index in [0.29, 0.717) is 12.6 Å². The predicted molar refractivity (Wildman–Crippen MR) is 76.7 cm³/mol. The van der Waals surface area contributed by atoms with Crippen molar-refractivity contribution in [2.24, 2.45) is 5.73 Å². The highest BCUT2D eigenvalue weighted by Crippen LogP contribution is 2.24. The molecule has 2 rings (SSSR count). The molecule has 106 valence electrons. The summed E-state index contributed by atoms with van der Waals surface area (Å²) in [5, 5.41) is 0. The van der Waals surface area contributed by atoms with Crippen molar-refractivity contribution in [3.63, 3.8) is 0 Å². The van der Waals surface area contributed by atoms with Gasteiger partial charge in [0.1, 0.15) is 6.33 Å². The van der Waals surface area contributed by atoms with Crippen LogP contribution < -0.4 is 5.73 Å². The second-order valence-electron chi connectivity index (χ2n) is 5.30. The second-order valence-corrected chi connectivity index (χ2v) is 5.30. The number of aromatic nitrogens is 2. The van der Waals surface area contributed by atoms with Crippen LogP contribution in [-0.4, -0.2) is 59.0 Å². The molecule has 0 bridgehead atoms. The Morgan fingerprint density at radius 3 is 2.95 bits per heavy atom. The third-order valence-electron chi connectivity index (χ3n) is 3.99. The molecule has 1 aromatic heterocycles. The van der Waals surface area contributed by atoms with Crippen molar-refractivity contribution in [2.75, 3.05) is 33.2 Å².